The maximum absolute atomic E-state index is 12.5. The molecule has 0 aliphatic carbocycles. The normalized spacial score (nSPS) is 22.0. The summed E-state index contributed by atoms with van der Waals surface area (Å²) in [5.41, 5.74) is 1.30. The molecule has 1 N–H and O–H groups in total. The lowest BCUT2D eigenvalue weighted by atomic mass is 10.1. The molecule has 6 heteroatoms. The maximum Gasteiger partial charge on any atom is 0.224 e. The molecule has 138 valence electrons. The van der Waals surface area contributed by atoms with Gasteiger partial charge in [-0.05, 0) is 24.6 Å². The van der Waals surface area contributed by atoms with Gasteiger partial charge in [-0.1, -0.05) is 12.1 Å². The summed E-state index contributed by atoms with van der Waals surface area (Å²) in [6, 6.07) is 8.69. The van der Waals surface area contributed by atoms with E-state index in [1.165, 1.54) is 5.56 Å². The van der Waals surface area contributed by atoms with Crippen LogP contribution in [0.25, 0.3) is 0 Å². The first-order valence-corrected chi connectivity index (χ1v) is 10.4. The lowest BCUT2D eigenvalue weighted by molar-refractivity contribution is -0.133. The van der Waals surface area contributed by atoms with E-state index in [2.05, 4.69) is 22.3 Å². The summed E-state index contributed by atoms with van der Waals surface area (Å²) < 4.78 is 5.49. The molecule has 1 aromatic carbocycles. The van der Waals surface area contributed by atoms with Crippen LogP contribution in [0.4, 0.5) is 0 Å². The zero-order chi connectivity index (χ0) is 17.5. The Morgan fingerprint density at radius 3 is 2.64 bits per heavy atom. The fraction of sp³-hybridized carbons (Fsp3) is 0.632. The fourth-order valence-corrected chi connectivity index (χ4v) is 4.31. The summed E-state index contributed by atoms with van der Waals surface area (Å²) >= 11 is 1.95. The molecular formula is C19H29N3O2S. The molecular weight excluding hydrogens is 334 g/mol. The van der Waals surface area contributed by atoms with Gasteiger partial charge >= 0.3 is 0 Å². The molecule has 25 heavy (non-hydrogen) atoms. The van der Waals surface area contributed by atoms with Crippen LogP contribution in [0, 0.1) is 0 Å². The van der Waals surface area contributed by atoms with Gasteiger partial charge in [0, 0.05) is 63.2 Å². The molecule has 1 aromatic rings. The average molecular weight is 364 g/mol. The Balaban J connectivity index is 1.41. The monoisotopic (exact) mass is 363 g/mol. The highest BCUT2D eigenvalue weighted by Gasteiger charge is 2.24. The molecule has 2 heterocycles. The van der Waals surface area contributed by atoms with Crippen molar-refractivity contribution in [3.05, 3.63) is 29.8 Å². The van der Waals surface area contributed by atoms with Crippen molar-refractivity contribution in [2.24, 2.45) is 0 Å². The van der Waals surface area contributed by atoms with Crippen LogP contribution in [0.5, 0.6) is 5.75 Å². The van der Waals surface area contributed by atoms with Gasteiger partial charge in [-0.25, -0.2) is 0 Å². The average Bonchev–Trinajstić information content (AvgIpc) is 2.65. The quantitative estimate of drug-likeness (QED) is 0.835. The molecule has 0 saturated carbocycles. The summed E-state index contributed by atoms with van der Waals surface area (Å²) in [5.74, 6) is 3.45. The molecule has 0 spiro atoms. The van der Waals surface area contributed by atoms with Gasteiger partial charge in [0.1, 0.15) is 5.75 Å². The van der Waals surface area contributed by atoms with Crippen molar-refractivity contribution in [2.75, 3.05) is 50.8 Å². The van der Waals surface area contributed by atoms with Crippen LogP contribution in [-0.4, -0.2) is 72.6 Å². The number of amides is 1. The first kappa shape index (κ1) is 18.5. The van der Waals surface area contributed by atoms with Crippen LogP contribution in [-0.2, 0) is 11.3 Å². The second kappa shape index (κ2) is 9.46. The summed E-state index contributed by atoms with van der Waals surface area (Å²) in [5, 5.41) is 3.46. The number of nitrogens with one attached hydrogen (secondary N) is 1. The lowest BCUT2D eigenvalue weighted by Crippen LogP contribution is -2.50. The van der Waals surface area contributed by atoms with Gasteiger partial charge in [-0.2, -0.15) is 11.8 Å². The molecule has 1 amide bonds. The van der Waals surface area contributed by atoms with E-state index in [4.69, 9.17) is 4.74 Å². The van der Waals surface area contributed by atoms with E-state index in [1.807, 2.05) is 35.7 Å². The molecule has 1 unspecified atom stereocenters. The number of rotatable bonds is 6. The topological polar surface area (TPSA) is 44.8 Å². The molecule has 0 aromatic heterocycles. The van der Waals surface area contributed by atoms with Crippen molar-refractivity contribution >= 4 is 17.7 Å². The predicted molar refractivity (Wildman–Crippen MR) is 103 cm³/mol. The molecule has 5 nitrogen and oxygen atoms in total. The Kier molecular flexibility index (Phi) is 7.02. The van der Waals surface area contributed by atoms with Crippen molar-refractivity contribution in [1.82, 2.24) is 15.1 Å². The highest BCUT2D eigenvalue weighted by Crippen LogP contribution is 2.16. The lowest BCUT2D eigenvalue weighted by Gasteiger charge is -2.35. The highest BCUT2D eigenvalue weighted by atomic mass is 32.2. The molecule has 2 aliphatic heterocycles. The van der Waals surface area contributed by atoms with Gasteiger partial charge in [0.25, 0.3) is 0 Å². The molecule has 2 saturated heterocycles. The van der Waals surface area contributed by atoms with Crippen molar-refractivity contribution < 1.29 is 9.53 Å². The van der Waals surface area contributed by atoms with Crippen molar-refractivity contribution in [3.63, 3.8) is 0 Å². The van der Waals surface area contributed by atoms with Gasteiger partial charge < -0.3 is 15.0 Å². The van der Waals surface area contributed by atoms with Gasteiger partial charge in [0.15, 0.2) is 0 Å². The third kappa shape index (κ3) is 5.62. The number of piperazine rings is 1. The van der Waals surface area contributed by atoms with Crippen LogP contribution in [0.3, 0.4) is 0 Å². The number of carbonyl (C=O) groups excluding carboxylic acids is 1. The minimum atomic E-state index is 0.306. The zero-order valence-electron chi connectivity index (χ0n) is 15.1. The van der Waals surface area contributed by atoms with Crippen LogP contribution in [0.15, 0.2) is 24.3 Å². The number of hydrogen-bond donors (Lipinski definition) is 1. The number of carbonyl (C=O) groups is 1. The van der Waals surface area contributed by atoms with Crippen LogP contribution < -0.4 is 10.1 Å². The Bertz CT molecular complexity index is 538. The molecule has 2 fully saturated rings. The summed E-state index contributed by atoms with van der Waals surface area (Å²) in [6.07, 6.45) is 0.645. The minimum absolute atomic E-state index is 0.306. The van der Waals surface area contributed by atoms with E-state index in [-0.39, 0.29) is 0 Å². The summed E-state index contributed by atoms with van der Waals surface area (Å²) in [4.78, 5) is 16.9. The maximum atomic E-state index is 12.5. The van der Waals surface area contributed by atoms with Gasteiger partial charge in [-0.15, -0.1) is 0 Å². The fourth-order valence-electron chi connectivity index (χ4n) is 3.36. The van der Waals surface area contributed by atoms with E-state index in [0.717, 1.165) is 56.5 Å². The number of hydrogen-bond acceptors (Lipinski definition) is 5. The SMILES string of the molecule is CCOc1ccc(CN2CCN(C(=O)CC3CSCCN3)CC2)cc1. The van der Waals surface area contributed by atoms with Crippen molar-refractivity contribution in [1.29, 1.82) is 0 Å². The molecule has 2 aliphatic rings. The predicted octanol–water partition coefficient (Wildman–Crippen LogP) is 1.82. The number of ether oxygens (including phenoxy) is 1. The van der Waals surface area contributed by atoms with Crippen molar-refractivity contribution in [2.45, 2.75) is 25.9 Å². The Morgan fingerprint density at radius 2 is 2.00 bits per heavy atom. The summed E-state index contributed by atoms with van der Waals surface area (Å²) in [6.45, 7) is 8.25. The standard InChI is InChI=1S/C19H29N3O2S/c1-2-24-18-5-3-16(4-6-18)14-21-8-10-22(11-9-21)19(23)13-17-15-25-12-7-20-17/h3-6,17,20H,2,7-15H2,1H3. The Labute approximate surface area is 155 Å². The van der Waals surface area contributed by atoms with Crippen molar-refractivity contribution in [3.8, 4) is 5.75 Å². The molecule has 1 atom stereocenters. The third-order valence-electron chi connectivity index (χ3n) is 4.79. The van der Waals surface area contributed by atoms with Gasteiger partial charge in [0.2, 0.25) is 5.91 Å². The van der Waals surface area contributed by atoms with E-state index < -0.39 is 0 Å². The third-order valence-corrected chi connectivity index (χ3v) is 5.92. The van der Waals surface area contributed by atoms with E-state index in [9.17, 15) is 4.79 Å². The van der Waals surface area contributed by atoms with Crippen LogP contribution in [0.2, 0.25) is 0 Å². The highest BCUT2D eigenvalue weighted by molar-refractivity contribution is 7.99. The van der Waals surface area contributed by atoms with E-state index in [0.29, 0.717) is 25.0 Å². The number of nitrogens with zero attached hydrogens (tertiary/aromatic N) is 2. The number of benzene rings is 1. The first-order chi connectivity index (χ1) is 12.2. The van der Waals surface area contributed by atoms with E-state index in [1.54, 1.807) is 0 Å². The molecule has 3 rings (SSSR count). The van der Waals surface area contributed by atoms with Gasteiger partial charge in [-0.3, -0.25) is 9.69 Å². The second-order valence-corrected chi connectivity index (χ2v) is 7.81. The Hall–Kier alpha value is -1.24. The molecule has 0 bridgehead atoms. The minimum Gasteiger partial charge on any atom is -0.494 e. The number of thioether (sulfide) groups is 1. The second-order valence-electron chi connectivity index (χ2n) is 6.66. The van der Waals surface area contributed by atoms with Gasteiger partial charge in [0.05, 0.1) is 6.61 Å². The van der Waals surface area contributed by atoms with Crippen LogP contribution in [0.1, 0.15) is 18.9 Å². The van der Waals surface area contributed by atoms with E-state index >= 15 is 0 Å². The zero-order valence-corrected chi connectivity index (χ0v) is 15.9. The van der Waals surface area contributed by atoms with Crippen LogP contribution >= 0.6 is 11.8 Å². The molecule has 0 radical (unpaired) electrons. The smallest absolute Gasteiger partial charge is 0.224 e. The summed E-state index contributed by atoms with van der Waals surface area (Å²) in [7, 11) is 0. The first-order valence-electron chi connectivity index (χ1n) is 9.27. The Morgan fingerprint density at radius 1 is 1.24 bits per heavy atom. The largest absolute Gasteiger partial charge is 0.494 e.